The summed E-state index contributed by atoms with van der Waals surface area (Å²) in [6, 6.07) is 2.51. The number of sulfonamides is 1. The van der Waals surface area contributed by atoms with Gasteiger partial charge in [0.05, 0.1) is 4.90 Å². The molecule has 3 nitrogen and oxygen atoms in total. The van der Waals surface area contributed by atoms with Crippen LogP contribution in [0.3, 0.4) is 0 Å². The van der Waals surface area contributed by atoms with Crippen LogP contribution in [0.2, 0.25) is 0 Å². The molecule has 21 heavy (non-hydrogen) atoms. The summed E-state index contributed by atoms with van der Waals surface area (Å²) in [5.74, 6) is 0.0397. The van der Waals surface area contributed by atoms with E-state index in [9.17, 15) is 12.8 Å². The SMILES string of the molecule is Cc1cc(F)cc(C)c1S(=O)(=O)N1CCCCC1CCCl. The lowest BCUT2D eigenvalue weighted by atomic mass is 10.0. The van der Waals surface area contributed by atoms with Gasteiger partial charge >= 0.3 is 0 Å². The van der Waals surface area contributed by atoms with E-state index in [2.05, 4.69) is 0 Å². The molecule has 0 spiro atoms. The lowest BCUT2D eigenvalue weighted by molar-refractivity contribution is 0.247. The molecule has 1 aromatic carbocycles. The summed E-state index contributed by atoms with van der Waals surface area (Å²) in [4.78, 5) is 0.241. The summed E-state index contributed by atoms with van der Waals surface area (Å²) >= 11 is 5.81. The minimum absolute atomic E-state index is 0.0508. The van der Waals surface area contributed by atoms with Crippen molar-refractivity contribution in [3.05, 3.63) is 29.1 Å². The molecule has 1 aliphatic rings. The normalized spacial score (nSPS) is 20.7. The summed E-state index contributed by atoms with van der Waals surface area (Å²) in [6.45, 7) is 3.80. The first-order valence-electron chi connectivity index (χ1n) is 7.22. The Labute approximate surface area is 131 Å². The second-order valence-electron chi connectivity index (χ2n) is 5.61. The highest BCUT2D eigenvalue weighted by atomic mass is 35.5. The number of hydrogen-bond acceptors (Lipinski definition) is 2. The molecule has 2 rings (SSSR count). The molecule has 6 heteroatoms. The maximum atomic E-state index is 13.4. The van der Waals surface area contributed by atoms with Crippen molar-refractivity contribution in [3.8, 4) is 0 Å². The summed E-state index contributed by atoms with van der Waals surface area (Å²) in [7, 11) is -3.60. The molecule has 1 atom stereocenters. The summed E-state index contributed by atoms with van der Waals surface area (Å²) < 4.78 is 40.9. The Bertz CT molecular complexity index is 593. The second-order valence-corrected chi connectivity index (χ2v) is 7.82. The lowest BCUT2D eigenvalue weighted by Gasteiger charge is -2.35. The van der Waals surface area contributed by atoms with Gasteiger partial charge in [-0.2, -0.15) is 4.31 Å². The van der Waals surface area contributed by atoms with Crippen molar-refractivity contribution in [1.82, 2.24) is 4.31 Å². The molecule has 0 radical (unpaired) electrons. The third kappa shape index (κ3) is 3.41. The van der Waals surface area contributed by atoms with E-state index in [1.54, 1.807) is 18.2 Å². The van der Waals surface area contributed by atoms with Gasteiger partial charge in [0.2, 0.25) is 10.0 Å². The van der Waals surface area contributed by atoms with Crippen molar-refractivity contribution < 1.29 is 12.8 Å². The predicted octanol–water partition coefficient (Wildman–Crippen LogP) is 3.61. The third-order valence-electron chi connectivity index (χ3n) is 4.01. The van der Waals surface area contributed by atoms with Gasteiger partial charge in [-0.25, -0.2) is 12.8 Å². The van der Waals surface area contributed by atoms with Crippen molar-refractivity contribution in [2.75, 3.05) is 12.4 Å². The van der Waals surface area contributed by atoms with Crippen LogP contribution in [0.15, 0.2) is 17.0 Å². The van der Waals surface area contributed by atoms with Crippen LogP contribution >= 0.6 is 11.6 Å². The van der Waals surface area contributed by atoms with E-state index in [1.807, 2.05) is 0 Å². The highest BCUT2D eigenvalue weighted by Gasteiger charge is 2.34. The molecule has 0 aliphatic carbocycles. The van der Waals surface area contributed by atoms with Gasteiger partial charge < -0.3 is 0 Å². The van der Waals surface area contributed by atoms with Gasteiger partial charge in [-0.1, -0.05) is 6.42 Å². The highest BCUT2D eigenvalue weighted by molar-refractivity contribution is 7.89. The summed E-state index contributed by atoms with van der Waals surface area (Å²) in [6.07, 6.45) is 3.37. The molecule has 0 N–H and O–H groups in total. The van der Waals surface area contributed by atoms with Gasteiger partial charge in [-0.15, -0.1) is 11.6 Å². The molecular formula is C15H21ClFNO2S. The largest absolute Gasteiger partial charge is 0.243 e. The Morgan fingerprint density at radius 2 is 1.90 bits per heavy atom. The smallest absolute Gasteiger partial charge is 0.207 e. The van der Waals surface area contributed by atoms with Gasteiger partial charge in [-0.05, 0) is 56.4 Å². The monoisotopic (exact) mass is 333 g/mol. The second kappa shape index (κ2) is 6.63. The molecule has 1 saturated heterocycles. The highest BCUT2D eigenvalue weighted by Crippen LogP contribution is 2.31. The number of nitrogens with zero attached hydrogens (tertiary/aromatic N) is 1. The van der Waals surface area contributed by atoms with E-state index in [0.717, 1.165) is 19.3 Å². The van der Waals surface area contributed by atoms with Crippen molar-refractivity contribution >= 4 is 21.6 Å². The molecular weight excluding hydrogens is 313 g/mol. The lowest BCUT2D eigenvalue weighted by Crippen LogP contribution is -2.44. The van der Waals surface area contributed by atoms with Crippen molar-refractivity contribution in [2.45, 2.75) is 50.5 Å². The fourth-order valence-electron chi connectivity index (χ4n) is 3.13. The molecule has 0 bridgehead atoms. The van der Waals surface area contributed by atoms with E-state index >= 15 is 0 Å². The van der Waals surface area contributed by atoms with E-state index in [-0.39, 0.29) is 10.9 Å². The standard InChI is InChI=1S/C15H21ClFNO2S/c1-11-9-13(17)10-12(2)15(11)21(19,20)18-8-4-3-5-14(18)6-7-16/h9-10,14H,3-8H2,1-2H3. The van der Waals surface area contributed by atoms with E-state index in [0.29, 0.717) is 30.0 Å². The van der Waals surface area contributed by atoms with E-state index in [4.69, 9.17) is 11.6 Å². The van der Waals surface area contributed by atoms with Crippen LogP contribution in [0.1, 0.15) is 36.8 Å². The first-order chi connectivity index (χ1) is 9.87. The number of aryl methyl sites for hydroxylation is 2. The van der Waals surface area contributed by atoms with Gasteiger partial charge in [0.15, 0.2) is 0 Å². The summed E-state index contributed by atoms with van der Waals surface area (Å²) in [5, 5.41) is 0. The molecule has 118 valence electrons. The maximum Gasteiger partial charge on any atom is 0.243 e. The van der Waals surface area contributed by atoms with Crippen LogP contribution in [0.25, 0.3) is 0 Å². The van der Waals surface area contributed by atoms with Crippen molar-refractivity contribution in [3.63, 3.8) is 0 Å². The number of piperidine rings is 1. The molecule has 1 fully saturated rings. The summed E-state index contributed by atoms with van der Waals surface area (Å²) in [5.41, 5.74) is 0.922. The molecule has 0 amide bonds. The van der Waals surface area contributed by atoms with Gasteiger partial charge in [-0.3, -0.25) is 0 Å². The zero-order valence-corrected chi connectivity index (χ0v) is 14.0. The average Bonchev–Trinajstić information content (AvgIpc) is 2.37. The average molecular weight is 334 g/mol. The van der Waals surface area contributed by atoms with Crippen LogP contribution in [0.4, 0.5) is 4.39 Å². The zero-order valence-electron chi connectivity index (χ0n) is 12.4. The molecule has 1 unspecified atom stereocenters. The fraction of sp³-hybridized carbons (Fsp3) is 0.600. The minimum atomic E-state index is -3.60. The molecule has 0 aromatic heterocycles. The van der Waals surface area contributed by atoms with Crippen molar-refractivity contribution in [2.24, 2.45) is 0 Å². The quantitative estimate of drug-likeness (QED) is 0.789. The number of rotatable bonds is 4. The Balaban J connectivity index is 2.45. The van der Waals surface area contributed by atoms with Crippen molar-refractivity contribution in [1.29, 1.82) is 0 Å². The Hall–Kier alpha value is -0.650. The first kappa shape index (κ1) is 16.7. The fourth-order valence-corrected chi connectivity index (χ4v) is 5.52. The van der Waals surface area contributed by atoms with Crippen LogP contribution in [0, 0.1) is 19.7 Å². The van der Waals surface area contributed by atoms with E-state index < -0.39 is 15.8 Å². The predicted molar refractivity (Wildman–Crippen MR) is 82.7 cm³/mol. The molecule has 1 heterocycles. The van der Waals surface area contributed by atoms with Crippen LogP contribution in [-0.4, -0.2) is 31.2 Å². The van der Waals surface area contributed by atoms with Crippen LogP contribution in [0.5, 0.6) is 0 Å². The topological polar surface area (TPSA) is 37.4 Å². The molecule has 1 aliphatic heterocycles. The molecule has 0 saturated carbocycles. The first-order valence-corrected chi connectivity index (χ1v) is 9.20. The maximum absolute atomic E-state index is 13.4. The van der Waals surface area contributed by atoms with Gasteiger partial charge in [0, 0.05) is 18.5 Å². The Morgan fingerprint density at radius 1 is 1.29 bits per heavy atom. The molecule has 1 aromatic rings. The zero-order chi connectivity index (χ0) is 15.6. The van der Waals surface area contributed by atoms with E-state index in [1.165, 1.54) is 12.1 Å². The van der Waals surface area contributed by atoms with Crippen LogP contribution < -0.4 is 0 Å². The Morgan fingerprint density at radius 3 is 2.48 bits per heavy atom. The minimum Gasteiger partial charge on any atom is -0.207 e. The third-order valence-corrected chi connectivity index (χ3v) is 6.48. The van der Waals surface area contributed by atoms with Crippen LogP contribution in [-0.2, 0) is 10.0 Å². The van der Waals surface area contributed by atoms with Gasteiger partial charge in [0.25, 0.3) is 0 Å². The number of halogens is 2. The number of hydrogen-bond donors (Lipinski definition) is 0. The Kier molecular flexibility index (Phi) is 5.28. The number of alkyl halides is 1. The van der Waals surface area contributed by atoms with Gasteiger partial charge in [0.1, 0.15) is 5.82 Å². The number of benzene rings is 1.